The van der Waals surface area contributed by atoms with Crippen LogP contribution in [0.15, 0.2) is 24.3 Å². The summed E-state index contributed by atoms with van der Waals surface area (Å²) < 4.78 is 31.8. The van der Waals surface area contributed by atoms with E-state index in [4.69, 9.17) is 8.92 Å². The molecule has 88 valence electrons. The van der Waals surface area contributed by atoms with Gasteiger partial charge in [0.05, 0.1) is 13.4 Å². The molecule has 0 aliphatic carbocycles. The van der Waals surface area contributed by atoms with Gasteiger partial charge in [0.2, 0.25) is 0 Å². The van der Waals surface area contributed by atoms with Crippen molar-refractivity contribution in [1.82, 2.24) is 0 Å². The maximum absolute atomic E-state index is 11.0. The second-order valence-electron chi connectivity index (χ2n) is 3.20. The Balaban J connectivity index is 3.11. The summed E-state index contributed by atoms with van der Waals surface area (Å²) in [6, 6.07) is 5.03. The minimum atomic E-state index is -3.53. The number of methoxy groups -OCH3 is 1. The van der Waals surface area contributed by atoms with Crippen molar-refractivity contribution in [2.24, 2.45) is 0 Å². The summed E-state index contributed by atoms with van der Waals surface area (Å²) >= 11 is 0. The molecule has 0 atom stereocenters. The normalized spacial score (nSPS) is 11.7. The summed E-state index contributed by atoms with van der Waals surface area (Å²) in [6.07, 6.45) is 4.75. The minimum Gasteiger partial charge on any atom is -0.493 e. The summed E-state index contributed by atoms with van der Waals surface area (Å²) in [6.45, 7) is 1.90. The van der Waals surface area contributed by atoms with Crippen molar-refractivity contribution in [1.29, 1.82) is 0 Å². The highest BCUT2D eigenvalue weighted by Crippen LogP contribution is 2.29. The third-order valence-electron chi connectivity index (χ3n) is 1.79. The molecule has 0 saturated heterocycles. The molecule has 16 heavy (non-hydrogen) atoms. The molecule has 0 radical (unpaired) electrons. The number of allylic oxidation sites excluding steroid dienone is 1. The van der Waals surface area contributed by atoms with Crippen LogP contribution in [0.5, 0.6) is 11.5 Å². The Hall–Kier alpha value is -1.49. The zero-order chi connectivity index (χ0) is 12.2. The summed E-state index contributed by atoms with van der Waals surface area (Å²) in [5.74, 6) is 0.583. The molecule has 0 aliphatic heterocycles. The van der Waals surface area contributed by atoms with E-state index in [0.717, 1.165) is 11.8 Å². The van der Waals surface area contributed by atoms with Gasteiger partial charge in [-0.15, -0.1) is 0 Å². The number of hydrogen-bond donors (Lipinski definition) is 0. The van der Waals surface area contributed by atoms with Crippen LogP contribution in [-0.2, 0) is 10.1 Å². The van der Waals surface area contributed by atoms with Gasteiger partial charge in [0, 0.05) is 0 Å². The van der Waals surface area contributed by atoms with Crippen molar-refractivity contribution in [3.63, 3.8) is 0 Å². The van der Waals surface area contributed by atoms with E-state index in [2.05, 4.69) is 0 Å². The highest BCUT2D eigenvalue weighted by molar-refractivity contribution is 7.86. The molecule has 0 saturated carbocycles. The van der Waals surface area contributed by atoms with Gasteiger partial charge < -0.3 is 8.92 Å². The van der Waals surface area contributed by atoms with E-state index in [9.17, 15) is 8.42 Å². The number of benzene rings is 1. The van der Waals surface area contributed by atoms with Gasteiger partial charge in [-0.3, -0.25) is 0 Å². The SMILES string of the molecule is C/C=C/c1ccc(OS(C)(=O)=O)c(OC)c1. The van der Waals surface area contributed by atoms with Crippen LogP contribution in [-0.4, -0.2) is 21.8 Å². The molecule has 4 nitrogen and oxygen atoms in total. The van der Waals surface area contributed by atoms with E-state index in [-0.39, 0.29) is 5.75 Å². The predicted molar refractivity (Wildman–Crippen MR) is 63.2 cm³/mol. The third kappa shape index (κ3) is 3.58. The summed E-state index contributed by atoms with van der Waals surface area (Å²) in [5.41, 5.74) is 0.917. The van der Waals surface area contributed by atoms with Gasteiger partial charge in [-0.2, -0.15) is 8.42 Å². The third-order valence-corrected chi connectivity index (χ3v) is 2.27. The maximum atomic E-state index is 11.0. The first kappa shape index (κ1) is 12.6. The first-order valence-electron chi connectivity index (χ1n) is 4.66. The molecule has 0 N–H and O–H groups in total. The Morgan fingerprint density at radius 1 is 1.25 bits per heavy atom. The van der Waals surface area contributed by atoms with Gasteiger partial charge >= 0.3 is 10.1 Å². The molecule has 0 fully saturated rings. The predicted octanol–water partition coefficient (Wildman–Crippen LogP) is 2.07. The summed E-state index contributed by atoms with van der Waals surface area (Å²) in [7, 11) is -2.07. The Kier molecular flexibility index (Phi) is 3.95. The molecule has 0 spiro atoms. The van der Waals surface area contributed by atoms with Crippen molar-refractivity contribution in [3.05, 3.63) is 29.8 Å². The molecule has 1 aromatic rings. The van der Waals surface area contributed by atoms with Gasteiger partial charge in [-0.1, -0.05) is 18.2 Å². The zero-order valence-corrected chi connectivity index (χ0v) is 10.2. The molecular weight excluding hydrogens is 228 g/mol. The van der Waals surface area contributed by atoms with Crippen molar-refractivity contribution in [3.8, 4) is 11.5 Å². The monoisotopic (exact) mass is 242 g/mol. The van der Waals surface area contributed by atoms with Gasteiger partial charge in [0.15, 0.2) is 11.5 Å². The second kappa shape index (κ2) is 5.03. The Labute approximate surface area is 95.6 Å². The van der Waals surface area contributed by atoms with Gasteiger partial charge in [0.25, 0.3) is 0 Å². The summed E-state index contributed by atoms with van der Waals surface area (Å²) in [4.78, 5) is 0. The van der Waals surface area contributed by atoms with Crippen molar-refractivity contribution in [2.75, 3.05) is 13.4 Å². The van der Waals surface area contributed by atoms with E-state index < -0.39 is 10.1 Å². The first-order valence-corrected chi connectivity index (χ1v) is 6.48. The van der Waals surface area contributed by atoms with Crippen LogP contribution >= 0.6 is 0 Å². The smallest absolute Gasteiger partial charge is 0.306 e. The lowest BCUT2D eigenvalue weighted by Crippen LogP contribution is -2.06. The second-order valence-corrected chi connectivity index (χ2v) is 4.77. The molecule has 0 heterocycles. The fourth-order valence-electron chi connectivity index (χ4n) is 1.21. The zero-order valence-electron chi connectivity index (χ0n) is 9.43. The van der Waals surface area contributed by atoms with E-state index in [1.165, 1.54) is 7.11 Å². The molecule has 0 aromatic heterocycles. The fraction of sp³-hybridized carbons (Fsp3) is 0.273. The standard InChI is InChI=1S/C11H14O4S/c1-4-5-9-6-7-10(11(8-9)14-2)15-16(3,12)13/h4-8H,1-3H3/b5-4+. The van der Waals surface area contributed by atoms with E-state index in [0.29, 0.717) is 5.75 Å². The lowest BCUT2D eigenvalue weighted by Gasteiger charge is -2.09. The van der Waals surface area contributed by atoms with E-state index in [1.807, 2.05) is 19.1 Å². The molecule has 0 amide bonds. The molecule has 0 unspecified atom stereocenters. The minimum absolute atomic E-state index is 0.193. The van der Waals surface area contributed by atoms with Crippen LogP contribution in [0, 0.1) is 0 Å². The molecule has 1 aromatic carbocycles. The molecule has 1 rings (SSSR count). The quantitative estimate of drug-likeness (QED) is 0.758. The Bertz CT molecular complexity index is 489. The number of rotatable bonds is 4. The van der Waals surface area contributed by atoms with Gasteiger partial charge in [-0.25, -0.2) is 0 Å². The van der Waals surface area contributed by atoms with Gasteiger partial charge in [0.1, 0.15) is 0 Å². The first-order chi connectivity index (χ1) is 7.46. The lowest BCUT2D eigenvalue weighted by atomic mass is 10.2. The molecule has 5 heteroatoms. The van der Waals surface area contributed by atoms with E-state index in [1.54, 1.807) is 18.2 Å². The topological polar surface area (TPSA) is 52.6 Å². The Morgan fingerprint density at radius 3 is 2.44 bits per heavy atom. The van der Waals surface area contributed by atoms with Crippen molar-refractivity contribution >= 4 is 16.2 Å². The van der Waals surface area contributed by atoms with Crippen LogP contribution in [0.2, 0.25) is 0 Å². The number of hydrogen-bond acceptors (Lipinski definition) is 4. The molecular formula is C11H14O4S. The molecule has 0 bridgehead atoms. The van der Waals surface area contributed by atoms with Crippen molar-refractivity contribution in [2.45, 2.75) is 6.92 Å². The van der Waals surface area contributed by atoms with Crippen LogP contribution < -0.4 is 8.92 Å². The highest BCUT2D eigenvalue weighted by Gasteiger charge is 2.10. The average molecular weight is 242 g/mol. The summed E-state index contributed by atoms with van der Waals surface area (Å²) in [5, 5.41) is 0. The van der Waals surface area contributed by atoms with E-state index >= 15 is 0 Å². The largest absolute Gasteiger partial charge is 0.493 e. The van der Waals surface area contributed by atoms with Crippen LogP contribution in [0.4, 0.5) is 0 Å². The maximum Gasteiger partial charge on any atom is 0.306 e. The lowest BCUT2D eigenvalue weighted by molar-refractivity contribution is 0.391. The average Bonchev–Trinajstić information content (AvgIpc) is 2.18. The molecule has 0 aliphatic rings. The fourth-order valence-corrected chi connectivity index (χ4v) is 1.68. The highest BCUT2D eigenvalue weighted by atomic mass is 32.2. The van der Waals surface area contributed by atoms with Crippen LogP contribution in [0.1, 0.15) is 12.5 Å². The van der Waals surface area contributed by atoms with Gasteiger partial charge in [-0.05, 0) is 24.6 Å². The Morgan fingerprint density at radius 2 is 1.94 bits per heavy atom. The number of ether oxygens (including phenoxy) is 1. The van der Waals surface area contributed by atoms with Crippen LogP contribution in [0.25, 0.3) is 6.08 Å². The van der Waals surface area contributed by atoms with Crippen LogP contribution in [0.3, 0.4) is 0 Å². The van der Waals surface area contributed by atoms with Crippen molar-refractivity contribution < 1.29 is 17.3 Å².